The zero-order valence-corrected chi connectivity index (χ0v) is 31.3. The molecule has 8 nitrogen and oxygen atoms in total. The average Bonchev–Trinajstić information content (AvgIpc) is 2.91. The molecule has 0 fully saturated rings. The summed E-state index contributed by atoms with van der Waals surface area (Å²) in [7, 11) is -6.00. The lowest BCUT2D eigenvalue weighted by atomic mass is 9.91. The van der Waals surface area contributed by atoms with Crippen molar-refractivity contribution in [3.63, 3.8) is 0 Å². The van der Waals surface area contributed by atoms with E-state index in [-0.39, 0.29) is 42.1 Å². The molecular weight excluding hydrogens is 636 g/mol. The van der Waals surface area contributed by atoms with Crippen molar-refractivity contribution in [1.29, 1.82) is 0 Å². The largest absolute Gasteiger partial charge is 0.473 e. The van der Waals surface area contributed by atoms with E-state index in [0.717, 1.165) is 11.1 Å². The number of carbonyl (C=O) groups is 1. The summed E-state index contributed by atoms with van der Waals surface area (Å²) in [5.41, 5.74) is 0.324. The summed E-state index contributed by atoms with van der Waals surface area (Å²) in [5.74, 6) is 5.21. The molecule has 258 valence electrons. The van der Waals surface area contributed by atoms with Gasteiger partial charge in [-0.05, 0) is 101 Å². The van der Waals surface area contributed by atoms with E-state index in [1.807, 2.05) is 12.1 Å². The van der Waals surface area contributed by atoms with Crippen molar-refractivity contribution in [3.05, 3.63) is 71.0 Å². The Balaban J connectivity index is 1.72. The normalized spacial score (nSPS) is 18.2. The molecule has 1 aliphatic heterocycles. The van der Waals surface area contributed by atoms with E-state index in [1.165, 1.54) is 6.07 Å². The van der Waals surface area contributed by atoms with Gasteiger partial charge in [-0.1, -0.05) is 62.9 Å². The number of nitrogens with zero attached hydrogens (tertiary/aromatic N) is 1. The molecule has 1 amide bonds. The first kappa shape index (κ1) is 38.2. The number of halogens is 1. The second-order valence-electron chi connectivity index (χ2n) is 15.1. The van der Waals surface area contributed by atoms with Crippen LogP contribution in [-0.4, -0.2) is 58.3 Å². The van der Waals surface area contributed by atoms with Crippen LogP contribution in [0.4, 0.5) is 9.18 Å². The number of carbonyl (C=O) groups excluding carboxylic acids is 1. The summed E-state index contributed by atoms with van der Waals surface area (Å²) >= 11 is 0. The molecule has 0 aliphatic carbocycles. The quantitative estimate of drug-likeness (QED) is 0.203. The summed E-state index contributed by atoms with van der Waals surface area (Å²) in [6.45, 7) is 20.2. The molecule has 0 bridgehead atoms. The highest BCUT2D eigenvalue weighted by Gasteiger charge is 2.46. The SMILES string of the molecule is CC(C)(C)OC(=O)NCC#Cc1ccc(CC2C(C)(C)OC(C[C@@H](CCO[Si](C)(C)C(C)(C)C)c3ccccc3F)=NS2(=O)=O)cc1. The average molecular weight is 687 g/mol. The van der Waals surface area contributed by atoms with Gasteiger partial charge in [0.15, 0.2) is 8.32 Å². The number of hydrogen-bond donors (Lipinski definition) is 1. The predicted molar refractivity (Wildman–Crippen MR) is 188 cm³/mol. The Bertz CT molecular complexity index is 1600. The van der Waals surface area contributed by atoms with Gasteiger partial charge in [0.1, 0.15) is 22.3 Å². The Hall–Kier alpha value is -3.20. The molecule has 1 heterocycles. The van der Waals surface area contributed by atoms with Gasteiger partial charge in [-0.3, -0.25) is 0 Å². The molecule has 2 atom stereocenters. The van der Waals surface area contributed by atoms with Crippen molar-refractivity contribution in [2.24, 2.45) is 4.40 Å². The zero-order valence-electron chi connectivity index (χ0n) is 29.5. The lowest BCUT2D eigenvalue weighted by molar-refractivity contribution is 0.0534. The minimum absolute atomic E-state index is 0.0264. The molecule has 2 aromatic rings. The molecule has 0 saturated carbocycles. The van der Waals surface area contributed by atoms with Crippen LogP contribution >= 0.6 is 0 Å². The highest BCUT2D eigenvalue weighted by molar-refractivity contribution is 7.91. The number of benzene rings is 2. The van der Waals surface area contributed by atoms with E-state index in [4.69, 9.17) is 13.9 Å². The van der Waals surface area contributed by atoms with Crippen molar-refractivity contribution in [1.82, 2.24) is 5.32 Å². The standard InChI is InChI=1S/C36H51FN2O6SSi/c1-34(2,3)45-33(40)38-22-13-14-26-17-19-27(20-18-26)24-31-36(7,8)44-32(39-46(31,41)42)25-28(29-15-11-12-16-30(29)37)21-23-43-47(9,10)35(4,5)6/h11-12,15-20,28,31H,21-25H2,1-10H3,(H,38,40)/t28-,31?/m1/s1. The van der Waals surface area contributed by atoms with Crippen LogP contribution in [0.1, 0.15) is 90.8 Å². The van der Waals surface area contributed by atoms with Crippen LogP contribution in [0.5, 0.6) is 0 Å². The molecule has 1 unspecified atom stereocenters. The van der Waals surface area contributed by atoms with Crippen LogP contribution in [0, 0.1) is 17.7 Å². The van der Waals surface area contributed by atoms with Gasteiger partial charge in [0, 0.05) is 18.6 Å². The molecule has 11 heteroatoms. The van der Waals surface area contributed by atoms with E-state index in [1.54, 1.807) is 65.0 Å². The van der Waals surface area contributed by atoms with Gasteiger partial charge in [0.2, 0.25) is 5.90 Å². The van der Waals surface area contributed by atoms with Gasteiger partial charge in [-0.15, -0.1) is 4.40 Å². The molecule has 1 N–H and O–H groups in total. The maximum absolute atomic E-state index is 15.0. The fraction of sp³-hybridized carbons (Fsp3) is 0.556. The first-order chi connectivity index (χ1) is 21.6. The van der Waals surface area contributed by atoms with Crippen molar-refractivity contribution >= 4 is 30.3 Å². The summed E-state index contributed by atoms with van der Waals surface area (Å²) in [5, 5.41) is 1.69. The Morgan fingerprint density at radius 2 is 1.72 bits per heavy atom. The number of amides is 1. The van der Waals surface area contributed by atoms with E-state index in [9.17, 15) is 17.6 Å². The van der Waals surface area contributed by atoms with E-state index in [2.05, 4.69) is 55.4 Å². The highest BCUT2D eigenvalue weighted by Crippen LogP contribution is 2.38. The Kier molecular flexibility index (Phi) is 12.1. The minimum atomic E-state index is -3.96. The second-order valence-corrected chi connectivity index (χ2v) is 21.7. The van der Waals surface area contributed by atoms with Crippen LogP contribution in [0.15, 0.2) is 52.9 Å². The third-order valence-corrected chi connectivity index (χ3v) is 15.0. The molecule has 0 spiro atoms. The molecule has 0 saturated heterocycles. The Morgan fingerprint density at radius 1 is 1.09 bits per heavy atom. The molecular formula is C36H51FN2O6SSi. The lowest BCUT2D eigenvalue weighted by Crippen LogP contribution is -2.50. The Morgan fingerprint density at radius 3 is 2.30 bits per heavy atom. The van der Waals surface area contributed by atoms with Gasteiger partial charge in [-0.2, -0.15) is 0 Å². The van der Waals surface area contributed by atoms with Gasteiger partial charge < -0.3 is 19.2 Å². The lowest BCUT2D eigenvalue weighted by Gasteiger charge is -2.38. The van der Waals surface area contributed by atoms with E-state index in [0.29, 0.717) is 18.6 Å². The number of ether oxygens (including phenoxy) is 2. The van der Waals surface area contributed by atoms with Gasteiger partial charge >= 0.3 is 6.09 Å². The number of alkyl carbamates (subject to hydrolysis) is 1. The fourth-order valence-corrected chi connectivity index (χ4v) is 7.71. The second kappa shape index (κ2) is 14.9. The molecule has 0 aromatic heterocycles. The van der Waals surface area contributed by atoms with Crippen LogP contribution in [-0.2, 0) is 30.3 Å². The summed E-state index contributed by atoms with van der Waals surface area (Å²) in [6.07, 6.45) is 0.279. The van der Waals surface area contributed by atoms with Crippen molar-refractivity contribution < 1.29 is 31.5 Å². The predicted octanol–water partition coefficient (Wildman–Crippen LogP) is 7.74. The van der Waals surface area contributed by atoms with Crippen molar-refractivity contribution in [2.75, 3.05) is 13.2 Å². The first-order valence-electron chi connectivity index (χ1n) is 16.0. The summed E-state index contributed by atoms with van der Waals surface area (Å²) in [4.78, 5) is 11.8. The summed E-state index contributed by atoms with van der Waals surface area (Å²) in [6, 6.07) is 13.8. The van der Waals surface area contributed by atoms with Crippen LogP contribution in [0.2, 0.25) is 18.1 Å². The smallest absolute Gasteiger partial charge is 0.408 e. The number of sulfonamides is 1. The monoisotopic (exact) mass is 686 g/mol. The Labute approximate surface area is 282 Å². The molecule has 0 radical (unpaired) electrons. The first-order valence-corrected chi connectivity index (χ1v) is 20.5. The highest BCUT2D eigenvalue weighted by atomic mass is 32.2. The van der Waals surface area contributed by atoms with Crippen LogP contribution in [0.25, 0.3) is 0 Å². The van der Waals surface area contributed by atoms with E-state index >= 15 is 0 Å². The number of nitrogens with one attached hydrogen (secondary N) is 1. The van der Waals surface area contributed by atoms with Gasteiger partial charge in [-0.25, -0.2) is 17.6 Å². The van der Waals surface area contributed by atoms with Crippen LogP contribution < -0.4 is 5.32 Å². The van der Waals surface area contributed by atoms with E-state index < -0.39 is 40.9 Å². The van der Waals surface area contributed by atoms with Gasteiger partial charge in [0.25, 0.3) is 10.0 Å². The molecule has 1 aliphatic rings. The summed E-state index contributed by atoms with van der Waals surface area (Å²) < 4.78 is 64.2. The topological polar surface area (TPSA) is 103 Å². The third-order valence-electron chi connectivity index (χ3n) is 8.57. The maximum atomic E-state index is 15.0. The molecule has 3 rings (SSSR count). The third kappa shape index (κ3) is 11.2. The van der Waals surface area contributed by atoms with Crippen LogP contribution in [0.3, 0.4) is 0 Å². The maximum Gasteiger partial charge on any atom is 0.408 e. The molecule has 2 aromatic carbocycles. The fourth-order valence-electron chi connectivity index (χ4n) is 4.95. The van der Waals surface area contributed by atoms with Crippen molar-refractivity contribution in [3.8, 4) is 11.8 Å². The van der Waals surface area contributed by atoms with Crippen molar-refractivity contribution in [2.45, 2.75) is 115 Å². The zero-order chi connectivity index (χ0) is 35.3. The number of rotatable bonds is 10. The molecule has 47 heavy (non-hydrogen) atoms. The number of hydrogen-bond acceptors (Lipinski definition) is 6. The van der Waals surface area contributed by atoms with Gasteiger partial charge in [0.05, 0.1) is 6.54 Å². The minimum Gasteiger partial charge on any atom is -0.473 e.